The van der Waals surface area contributed by atoms with E-state index >= 15 is 0 Å². The van der Waals surface area contributed by atoms with Gasteiger partial charge in [-0.15, -0.1) is 0 Å². The van der Waals surface area contributed by atoms with E-state index in [-0.39, 0.29) is 23.3 Å². The molecule has 27 heavy (non-hydrogen) atoms. The van der Waals surface area contributed by atoms with Crippen LogP contribution >= 0.6 is 0 Å². The van der Waals surface area contributed by atoms with Gasteiger partial charge in [0.05, 0.1) is 4.90 Å². The normalized spacial score (nSPS) is 11.7. The van der Waals surface area contributed by atoms with Gasteiger partial charge >= 0.3 is 0 Å². The van der Waals surface area contributed by atoms with E-state index in [9.17, 15) is 13.2 Å². The van der Waals surface area contributed by atoms with Crippen molar-refractivity contribution in [1.29, 1.82) is 0 Å². The van der Waals surface area contributed by atoms with Crippen molar-refractivity contribution in [3.8, 4) is 5.75 Å². The number of anilines is 1. The monoisotopic (exact) mass is 390 g/mol. The fourth-order valence-electron chi connectivity index (χ4n) is 2.50. The third kappa shape index (κ3) is 5.30. The zero-order valence-electron chi connectivity index (χ0n) is 16.3. The molecular weight excluding hydrogens is 364 g/mol. The molecule has 2 aromatic carbocycles. The Balaban J connectivity index is 2.02. The topological polar surface area (TPSA) is 75.7 Å². The highest BCUT2D eigenvalue weighted by Crippen LogP contribution is 2.27. The highest BCUT2D eigenvalue weighted by atomic mass is 32.2. The number of sulfonamides is 1. The van der Waals surface area contributed by atoms with Crippen molar-refractivity contribution in [2.75, 3.05) is 26.0 Å². The molecule has 2 aromatic rings. The highest BCUT2D eigenvalue weighted by Gasteiger charge is 2.17. The van der Waals surface area contributed by atoms with Crippen LogP contribution in [0.25, 0.3) is 0 Å². The third-order valence-electron chi connectivity index (χ3n) is 4.07. The predicted molar refractivity (Wildman–Crippen MR) is 107 cm³/mol. The van der Waals surface area contributed by atoms with Crippen LogP contribution in [0.5, 0.6) is 5.75 Å². The van der Waals surface area contributed by atoms with E-state index in [4.69, 9.17) is 4.74 Å². The number of hydrogen-bond donors (Lipinski definition) is 1. The lowest BCUT2D eigenvalue weighted by atomic mass is 10.0. The molecule has 0 fully saturated rings. The molecule has 0 atom stereocenters. The highest BCUT2D eigenvalue weighted by molar-refractivity contribution is 7.89. The summed E-state index contributed by atoms with van der Waals surface area (Å²) in [4.78, 5) is 12.3. The van der Waals surface area contributed by atoms with Crippen LogP contribution in [0.3, 0.4) is 0 Å². The number of hydrogen-bond acceptors (Lipinski definition) is 4. The van der Waals surface area contributed by atoms with Crippen molar-refractivity contribution in [3.63, 3.8) is 0 Å². The number of carbonyl (C=O) groups excluding carboxylic acids is 1. The first-order valence-electron chi connectivity index (χ1n) is 8.67. The molecule has 0 aliphatic carbocycles. The molecule has 0 aromatic heterocycles. The molecule has 1 N–H and O–H groups in total. The van der Waals surface area contributed by atoms with Crippen LogP contribution in [-0.2, 0) is 14.8 Å². The first-order chi connectivity index (χ1) is 12.6. The molecule has 2 rings (SSSR count). The smallest absolute Gasteiger partial charge is 0.262 e. The quantitative estimate of drug-likeness (QED) is 0.786. The summed E-state index contributed by atoms with van der Waals surface area (Å²) in [7, 11) is -0.547. The summed E-state index contributed by atoms with van der Waals surface area (Å²) in [5.74, 6) is 0.678. The molecule has 0 saturated heterocycles. The number of nitrogens with zero attached hydrogens (tertiary/aromatic N) is 1. The molecule has 0 heterocycles. The zero-order valence-corrected chi connectivity index (χ0v) is 17.1. The Kier molecular flexibility index (Phi) is 6.62. The van der Waals surface area contributed by atoms with Gasteiger partial charge in [-0.05, 0) is 54.3 Å². The molecule has 0 aliphatic rings. The largest absolute Gasteiger partial charge is 0.483 e. The van der Waals surface area contributed by atoms with Crippen LogP contribution < -0.4 is 10.1 Å². The lowest BCUT2D eigenvalue weighted by Crippen LogP contribution is -2.22. The minimum Gasteiger partial charge on any atom is -0.483 e. The SMILES string of the molecule is Cc1ccc(C(C)C)c(OCC(=O)Nc2ccc(S(=O)(=O)N(C)C)cc2)c1. The first kappa shape index (κ1) is 20.9. The lowest BCUT2D eigenvalue weighted by Gasteiger charge is -2.15. The summed E-state index contributed by atoms with van der Waals surface area (Å²) in [5, 5.41) is 2.71. The molecule has 0 saturated carbocycles. The summed E-state index contributed by atoms with van der Waals surface area (Å²) in [5.41, 5.74) is 2.62. The van der Waals surface area contributed by atoms with Crippen molar-refractivity contribution >= 4 is 21.6 Å². The van der Waals surface area contributed by atoms with Gasteiger partial charge in [-0.3, -0.25) is 4.79 Å². The van der Waals surface area contributed by atoms with Crippen molar-refractivity contribution < 1.29 is 17.9 Å². The molecule has 0 unspecified atom stereocenters. The predicted octanol–water partition coefficient (Wildman–Crippen LogP) is 3.39. The number of benzene rings is 2. The fourth-order valence-corrected chi connectivity index (χ4v) is 3.41. The first-order valence-corrected chi connectivity index (χ1v) is 10.1. The molecule has 0 bridgehead atoms. The zero-order chi connectivity index (χ0) is 20.2. The molecule has 0 aliphatic heterocycles. The maximum absolute atomic E-state index is 12.2. The number of amides is 1. The molecule has 1 amide bonds. The summed E-state index contributed by atoms with van der Waals surface area (Å²) in [6.07, 6.45) is 0. The van der Waals surface area contributed by atoms with E-state index in [0.29, 0.717) is 11.4 Å². The minimum absolute atomic E-state index is 0.124. The maximum atomic E-state index is 12.2. The Hall–Kier alpha value is -2.38. The van der Waals surface area contributed by atoms with Gasteiger partial charge < -0.3 is 10.1 Å². The molecule has 0 radical (unpaired) electrons. The van der Waals surface area contributed by atoms with Gasteiger partial charge in [0.2, 0.25) is 10.0 Å². The van der Waals surface area contributed by atoms with Gasteiger partial charge in [-0.25, -0.2) is 12.7 Å². The van der Waals surface area contributed by atoms with Crippen LogP contribution in [0.15, 0.2) is 47.4 Å². The van der Waals surface area contributed by atoms with Crippen LogP contribution in [0.4, 0.5) is 5.69 Å². The lowest BCUT2D eigenvalue weighted by molar-refractivity contribution is -0.118. The van der Waals surface area contributed by atoms with E-state index in [1.807, 2.05) is 25.1 Å². The maximum Gasteiger partial charge on any atom is 0.262 e. The Bertz CT molecular complexity index is 904. The van der Waals surface area contributed by atoms with Crippen LogP contribution in [0.2, 0.25) is 0 Å². The Morgan fingerprint density at radius 1 is 1.11 bits per heavy atom. The van der Waals surface area contributed by atoms with E-state index in [0.717, 1.165) is 15.4 Å². The van der Waals surface area contributed by atoms with Gasteiger partial charge in [0.25, 0.3) is 5.91 Å². The standard InChI is InChI=1S/C20H26N2O4S/c1-14(2)18-11-6-15(3)12-19(18)26-13-20(23)21-16-7-9-17(10-8-16)27(24,25)22(4)5/h6-12,14H,13H2,1-5H3,(H,21,23). The second-order valence-electron chi connectivity index (χ2n) is 6.84. The molecule has 0 spiro atoms. The van der Waals surface area contributed by atoms with Crippen LogP contribution in [-0.4, -0.2) is 39.3 Å². The van der Waals surface area contributed by atoms with Gasteiger partial charge in [-0.2, -0.15) is 0 Å². The fraction of sp³-hybridized carbons (Fsp3) is 0.350. The van der Waals surface area contributed by atoms with Crippen molar-refractivity contribution in [1.82, 2.24) is 4.31 Å². The van der Waals surface area contributed by atoms with E-state index in [1.165, 1.54) is 26.2 Å². The molecule has 7 heteroatoms. The Labute approximate surface area is 161 Å². The van der Waals surface area contributed by atoms with Crippen LogP contribution in [0, 0.1) is 6.92 Å². The summed E-state index contributed by atoms with van der Waals surface area (Å²) < 4.78 is 31.0. The molecule has 146 valence electrons. The minimum atomic E-state index is -3.49. The Morgan fingerprint density at radius 2 is 1.74 bits per heavy atom. The summed E-state index contributed by atoms with van der Waals surface area (Å²) in [6, 6.07) is 12.0. The van der Waals surface area contributed by atoms with Crippen molar-refractivity contribution in [3.05, 3.63) is 53.6 Å². The second kappa shape index (κ2) is 8.54. The third-order valence-corrected chi connectivity index (χ3v) is 5.90. The average molecular weight is 391 g/mol. The number of aryl methyl sites for hydroxylation is 1. The number of rotatable bonds is 7. The second-order valence-corrected chi connectivity index (χ2v) is 9.00. The van der Waals surface area contributed by atoms with Gasteiger partial charge in [-0.1, -0.05) is 26.0 Å². The average Bonchev–Trinajstić information content (AvgIpc) is 2.60. The van der Waals surface area contributed by atoms with E-state index in [2.05, 4.69) is 19.2 Å². The van der Waals surface area contributed by atoms with E-state index in [1.54, 1.807) is 12.1 Å². The summed E-state index contributed by atoms with van der Waals surface area (Å²) in [6.45, 7) is 5.99. The molecular formula is C20H26N2O4S. The van der Waals surface area contributed by atoms with Crippen molar-refractivity contribution in [2.45, 2.75) is 31.6 Å². The Morgan fingerprint density at radius 3 is 2.30 bits per heavy atom. The van der Waals surface area contributed by atoms with Gasteiger partial charge in [0.1, 0.15) is 5.75 Å². The summed E-state index contributed by atoms with van der Waals surface area (Å²) >= 11 is 0. The van der Waals surface area contributed by atoms with Crippen molar-refractivity contribution in [2.24, 2.45) is 0 Å². The van der Waals surface area contributed by atoms with Gasteiger partial charge in [0.15, 0.2) is 6.61 Å². The van der Waals surface area contributed by atoms with Crippen LogP contribution in [0.1, 0.15) is 30.9 Å². The number of nitrogens with one attached hydrogen (secondary N) is 1. The number of ether oxygens (including phenoxy) is 1. The number of carbonyl (C=O) groups is 1. The van der Waals surface area contributed by atoms with Gasteiger partial charge in [0, 0.05) is 19.8 Å². The van der Waals surface area contributed by atoms with E-state index < -0.39 is 10.0 Å². The molecule has 6 nitrogen and oxygen atoms in total.